The van der Waals surface area contributed by atoms with Crippen LogP contribution in [0.4, 0.5) is 5.69 Å². The lowest BCUT2D eigenvalue weighted by atomic mass is 10.1. The lowest BCUT2D eigenvalue weighted by molar-refractivity contribution is 0.102. The minimum atomic E-state index is -3.32. The fourth-order valence-electron chi connectivity index (χ4n) is 2.91. The zero-order chi connectivity index (χ0) is 20.0. The van der Waals surface area contributed by atoms with E-state index in [9.17, 15) is 13.2 Å². The molecule has 0 bridgehead atoms. The molecule has 0 saturated heterocycles. The Morgan fingerprint density at radius 1 is 0.786 bits per heavy atom. The maximum Gasteiger partial charge on any atom is 0.255 e. The molecule has 0 unspecified atom stereocenters. The van der Waals surface area contributed by atoms with Crippen LogP contribution < -0.4 is 11.1 Å². The molecular weight excluding hydrogens is 372 g/mol. The molecule has 28 heavy (non-hydrogen) atoms. The predicted octanol–water partition coefficient (Wildman–Crippen LogP) is 3.51. The topological polar surface area (TPSA) is 89.3 Å². The number of rotatable bonds is 7. The average Bonchev–Trinajstić information content (AvgIpc) is 2.68. The van der Waals surface area contributed by atoms with Crippen LogP contribution >= 0.6 is 0 Å². The molecule has 3 aromatic rings. The molecule has 0 heterocycles. The van der Waals surface area contributed by atoms with Gasteiger partial charge in [0, 0.05) is 17.8 Å². The van der Waals surface area contributed by atoms with Crippen molar-refractivity contribution in [3.63, 3.8) is 0 Å². The van der Waals surface area contributed by atoms with E-state index in [0.29, 0.717) is 23.4 Å². The van der Waals surface area contributed by atoms with Crippen LogP contribution in [0.2, 0.25) is 0 Å². The first-order chi connectivity index (χ1) is 13.4. The molecule has 6 heteroatoms. The predicted molar refractivity (Wildman–Crippen MR) is 111 cm³/mol. The van der Waals surface area contributed by atoms with E-state index in [1.165, 1.54) is 0 Å². The van der Waals surface area contributed by atoms with E-state index in [2.05, 4.69) is 5.32 Å². The van der Waals surface area contributed by atoms with Gasteiger partial charge in [0.1, 0.15) is 0 Å². The van der Waals surface area contributed by atoms with Gasteiger partial charge in [0.25, 0.3) is 5.91 Å². The highest BCUT2D eigenvalue weighted by atomic mass is 32.2. The second kappa shape index (κ2) is 8.82. The first-order valence-corrected chi connectivity index (χ1v) is 10.7. The van der Waals surface area contributed by atoms with Gasteiger partial charge in [-0.1, -0.05) is 54.6 Å². The number of nitrogens with two attached hydrogens (primary N) is 1. The van der Waals surface area contributed by atoms with Crippen LogP contribution in [0.5, 0.6) is 0 Å². The fraction of sp³-hybridized carbons (Fsp3) is 0.136. The molecule has 3 aromatic carbocycles. The van der Waals surface area contributed by atoms with Crippen molar-refractivity contribution in [3.8, 4) is 0 Å². The van der Waals surface area contributed by atoms with Crippen molar-refractivity contribution >= 4 is 21.4 Å². The summed E-state index contributed by atoms with van der Waals surface area (Å²) in [6.45, 7) is 0.357. The van der Waals surface area contributed by atoms with Crippen LogP contribution in [0.15, 0.2) is 78.9 Å². The Morgan fingerprint density at radius 3 is 2.18 bits per heavy atom. The molecule has 0 radical (unpaired) electrons. The van der Waals surface area contributed by atoms with Gasteiger partial charge in [0.2, 0.25) is 0 Å². The molecule has 3 N–H and O–H groups in total. The third-order valence-corrected chi connectivity index (χ3v) is 5.77. The molecule has 0 aliphatic rings. The summed E-state index contributed by atoms with van der Waals surface area (Å²) in [7, 11) is -3.32. The normalized spacial score (nSPS) is 11.2. The maximum atomic E-state index is 12.5. The largest absolute Gasteiger partial charge is 0.326 e. The summed E-state index contributed by atoms with van der Waals surface area (Å²) in [6, 6.07) is 23.1. The highest BCUT2D eigenvalue weighted by Gasteiger charge is 2.14. The summed E-state index contributed by atoms with van der Waals surface area (Å²) >= 11 is 0. The van der Waals surface area contributed by atoms with Gasteiger partial charge in [0.15, 0.2) is 9.84 Å². The zero-order valence-electron chi connectivity index (χ0n) is 15.3. The highest BCUT2D eigenvalue weighted by molar-refractivity contribution is 7.89. The van der Waals surface area contributed by atoms with Gasteiger partial charge in [-0.3, -0.25) is 4.79 Å². The zero-order valence-corrected chi connectivity index (χ0v) is 16.2. The minimum Gasteiger partial charge on any atom is -0.326 e. The number of hydrogen-bond donors (Lipinski definition) is 2. The molecule has 144 valence electrons. The average molecular weight is 394 g/mol. The molecule has 0 aliphatic carbocycles. The van der Waals surface area contributed by atoms with Gasteiger partial charge < -0.3 is 11.1 Å². The van der Waals surface area contributed by atoms with Crippen molar-refractivity contribution in [2.75, 3.05) is 5.32 Å². The van der Waals surface area contributed by atoms with Gasteiger partial charge >= 0.3 is 0 Å². The first kappa shape index (κ1) is 19.8. The molecule has 0 aliphatic heterocycles. The van der Waals surface area contributed by atoms with E-state index in [1.54, 1.807) is 54.6 Å². The number of carbonyl (C=O) groups is 1. The second-order valence-electron chi connectivity index (χ2n) is 6.58. The number of hydrogen-bond acceptors (Lipinski definition) is 4. The van der Waals surface area contributed by atoms with E-state index in [0.717, 1.165) is 11.1 Å². The fourth-order valence-corrected chi connectivity index (χ4v) is 4.40. The van der Waals surface area contributed by atoms with Gasteiger partial charge in [0.05, 0.1) is 11.5 Å². The first-order valence-electron chi connectivity index (χ1n) is 8.89. The lowest BCUT2D eigenvalue weighted by Gasteiger charge is -2.09. The molecule has 1 amide bonds. The number of benzene rings is 3. The summed E-state index contributed by atoms with van der Waals surface area (Å²) in [4.78, 5) is 12.4. The Bertz CT molecular complexity index is 1060. The smallest absolute Gasteiger partial charge is 0.255 e. The van der Waals surface area contributed by atoms with E-state index in [-0.39, 0.29) is 17.4 Å². The van der Waals surface area contributed by atoms with E-state index in [4.69, 9.17) is 5.73 Å². The monoisotopic (exact) mass is 394 g/mol. The second-order valence-corrected chi connectivity index (χ2v) is 8.64. The van der Waals surface area contributed by atoms with Gasteiger partial charge in [-0.2, -0.15) is 0 Å². The summed E-state index contributed by atoms with van der Waals surface area (Å²) < 4.78 is 25.0. The Labute approximate surface area is 165 Å². The standard InChI is InChI=1S/C22H22N2O3S/c23-14-18-8-4-10-20(12-18)22(25)24-21-11-5-9-19(13-21)16-28(26,27)15-17-6-2-1-3-7-17/h1-13H,14-16,23H2,(H,24,25). The van der Waals surface area contributed by atoms with Crippen LogP contribution in [0.1, 0.15) is 27.0 Å². The van der Waals surface area contributed by atoms with Crippen LogP contribution in [-0.2, 0) is 27.9 Å². The Balaban J connectivity index is 1.70. The van der Waals surface area contributed by atoms with Crippen molar-refractivity contribution in [1.82, 2.24) is 0 Å². The van der Waals surface area contributed by atoms with Crippen LogP contribution in [0.25, 0.3) is 0 Å². The number of carbonyl (C=O) groups excluding carboxylic acids is 1. The highest BCUT2D eigenvalue weighted by Crippen LogP contribution is 2.17. The lowest BCUT2D eigenvalue weighted by Crippen LogP contribution is -2.13. The van der Waals surface area contributed by atoms with Crippen LogP contribution in [0, 0.1) is 0 Å². The Kier molecular flexibility index (Phi) is 6.23. The molecule has 3 rings (SSSR count). The molecule has 0 fully saturated rings. The SMILES string of the molecule is NCc1cccc(C(=O)Nc2cccc(CS(=O)(=O)Cc3ccccc3)c2)c1. The van der Waals surface area contributed by atoms with Crippen LogP contribution in [0.3, 0.4) is 0 Å². The number of sulfone groups is 1. The molecule has 0 aromatic heterocycles. The van der Waals surface area contributed by atoms with Gasteiger partial charge in [-0.05, 0) is 41.0 Å². The minimum absolute atomic E-state index is 0.0176. The van der Waals surface area contributed by atoms with Gasteiger partial charge in [-0.25, -0.2) is 8.42 Å². The number of nitrogens with one attached hydrogen (secondary N) is 1. The third-order valence-electron chi connectivity index (χ3n) is 4.23. The van der Waals surface area contributed by atoms with Crippen molar-refractivity contribution in [3.05, 3.63) is 101 Å². The van der Waals surface area contributed by atoms with E-state index >= 15 is 0 Å². The number of anilines is 1. The van der Waals surface area contributed by atoms with Crippen molar-refractivity contribution in [2.24, 2.45) is 5.73 Å². The van der Waals surface area contributed by atoms with Crippen molar-refractivity contribution in [1.29, 1.82) is 0 Å². The van der Waals surface area contributed by atoms with Crippen LogP contribution in [-0.4, -0.2) is 14.3 Å². The third kappa shape index (κ3) is 5.52. The molecule has 0 atom stereocenters. The summed E-state index contributed by atoms with van der Waals surface area (Å²) in [5.74, 6) is -0.371. The quantitative estimate of drug-likeness (QED) is 0.642. The van der Waals surface area contributed by atoms with E-state index in [1.807, 2.05) is 24.3 Å². The molecule has 0 spiro atoms. The molecule has 5 nitrogen and oxygen atoms in total. The molecule has 0 saturated carbocycles. The van der Waals surface area contributed by atoms with Gasteiger partial charge in [-0.15, -0.1) is 0 Å². The van der Waals surface area contributed by atoms with Crippen molar-refractivity contribution in [2.45, 2.75) is 18.1 Å². The summed E-state index contributed by atoms with van der Waals surface area (Å²) in [6.07, 6.45) is 0. The van der Waals surface area contributed by atoms with E-state index < -0.39 is 9.84 Å². The Morgan fingerprint density at radius 2 is 1.43 bits per heavy atom. The Hall–Kier alpha value is -2.96. The molecular formula is C22H22N2O3S. The maximum absolute atomic E-state index is 12.5. The number of amides is 1. The van der Waals surface area contributed by atoms with Crippen molar-refractivity contribution < 1.29 is 13.2 Å². The summed E-state index contributed by atoms with van der Waals surface area (Å²) in [5.41, 5.74) is 8.93. The summed E-state index contributed by atoms with van der Waals surface area (Å²) in [5, 5.41) is 2.81.